The third kappa shape index (κ3) is 3.18. The summed E-state index contributed by atoms with van der Waals surface area (Å²) >= 11 is 0. The van der Waals surface area contributed by atoms with Crippen LogP contribution in [-0.4, -0.2) is 13.7 Å². The molecule has 0 heterocycles. The maximum absolute atomic E-state index is 12.5. The van der Waals surface area contributed by atoms with Gasteiger partial charge >= 0.3 is 0 Å². The molecule has 0 amide bonds. The predicted molar refractivity (Wildman–Crippen MR) is 77.7 cm³/mol. The molecular formula is C15H23NO2S. The molecule has 0 saturated heterocycles. The van der Waals surface area contributed by atoms with Crippen molar-refractivity contribution >= 4 is 9.84 Å². The Balaban J connectivity index is 2.13. The lowest BCUT2D eigenvalue weighted by atomic mass is 9.82. The van der Waals surface area contributed by atoms with Crippen LogP contribution in [0.3, 0.4) is 0 Å². The fourth-order valence-electron chi connectivity index (χ4n) is 2.52. The Labute approximate surface area is 116 Å². The summed E-state index contributed by atoms with van der Waals surface area (Å²) in [5.41, 5.74) is 6.74. The lowest BCUT2D eigenvalue weighted by molar-refractivity contribution is 0.294. The molecule has 1 aromatic carbocycles. The second kappa shape index (κ2) is 5.63. The first-order valence-corrected chi connectivity index (χ1v) is 8.55. The van der Waals surface area contributed by atoms with Gasteiger partial charge in [0.1, 0.15) is 0 Å². The van der Waals surface area contributed by atoms with Gasteiger partial charge in [-0.25, -0.2) is 8.42 Å². The van der Waals surface area contributed by atoms with Crippen LogP contribution in [0, 0.1) is 5.92 Å². The van der Waals surface area contributed by atoms with E-state index in [0.29, 0.717) is 10.8 Å². The molecule has 2 N–H and O–H groups in total. The van der Waals surface area contributed by atoms with Crippen molar-refractivity contribution in [2.75, 3.05) is 0 Å². The summed E-state index contributed by atoms with van der Waals surface area (Å²) in [4.78, 5) is 0.420. The largest absolute Gasteiger partial charge is 0.324 e. The first-order chi connectivity index (χ1) is 8.91. The molecule has 106 valence electrons. The molecule has 3 nitrogen and oxygen atoms in total. The van der Waals surface area contributed by atoms with Crippen LogP contribution < -0.4 is 5.73 Å². The van der Waals surface area contributed by atoms with Crippen molar-refractivity contribution in [3.05, 3.63) is 29.8 Å². The van der Waals surface area contributed by atoms with Gasteiger partial charge in [-0.2, -0.15) is 0 Å². The van der Waals surface area contributed by atoms with E-state index in [9.17, 15) is 8.42 Å². The Hall–Kier alpha value is -0.870. The van der Waals surface area contributed by atoms with Gasteiger partial charge < -0.3 is 5.73 Å². The fourth-order valence-corrected chi connectivity index (χ4v) is 4.02. The number of nitrogens with two attached hydrogens (primary N) is 1. The zero-order chi connectivity index (χ0) is 14.0. The smallest absolute Gasteiger partial charge is 0.180 e. The Morgan fingerprint density at radius 1 is 1.21 bits per heavy atom. The molecule has 2 rings (SSSR count). The average Bonchev–Trinajstić information content (AvgIpc) is 2.33. The van der Waals surface area contributed by atoms with E-state index in [0.717, 1.165) is 12.0 Å². The van der Waals surface area contributed by atoms with Crippen molar-refractivity contribution in [3.63, 3.8) is 0 Å². The van der Waals surface area contributed by atoms with E-state index in [1.54, 1.807) is 12.1 Å². The minimum atomic E-state index is -3.19. The van der Waals surface area contributed by atoms with Crippen LogP contribution in [0.2, 0.25) is 0 Å². The Bertz CT molecular complexity index is 516. The van der Waals surface area contributed by atoms with E-state index >= 15 is 0 Å². The molecule has 0 bridgehead atoms. The van der Waals surface area contributed by atoms with Crippen molar-refractivity contribution in [2.24, 2.45) is 11.7 Å². The second-order valence-corrected chi connectivity index (χ2v) is 8.11. The highest BCUT2D eigenvalue weighted by Gasteiger charge is 2.28. The number of benzene rings is 1. The lowest BCUT2D eigenvalue weighted by Crippen LogP contribution is -2.24. The van der Waals surface area contributed by atoms with Crippen LogP contribution in [0.1, 0.15) is 51.1 Å². The minimum Gasteiger partial charge on any atom is -0.324 e. The van der Waals surface area contributed by atoms with Gasteiger partial charge in [0, 0.05) is 6.04 Å². The summed E-state index contributed by atoms with van der Waals surface area (Å²) in [5.74, 6) is 0.605. The zero-order valence-corrected chi connectivity index (χ0v) is 12.5. The molecule has 4 heteroatoms. The number of hydrogen-bond acceptors (Lipinski definition) is 3. The molecule has 1 aliphatic rings. The number of hydrogen-bond donors (Lipinski definition) is 1. The topological polar surface area (TPSA) is 60.2 Å². The average molecular weight is 281 g/mol. The van der Waals surface area contributed by atoms with Gasteiger partial charge in [-0.15, -0.1) is 0 Å². The van der Waals surface area contributed by atoms with Gasteiger partial charge in [-0.1, -0.05) is 31.4 Å². The monoisotopic (exact) mass is 281 g/mol. The first kappa shape index (κ1) is 14.5. The molecular weight excluding hydrogens is 258 g/mol. The van der Waals surface area contributed by atoms with Crippen LogP contribution in [0.4, 0.5) is 0 Å². The highest BCUT2D eigenvalue weighted by Crippen LogP contribution is 2.33. The summed E-state index contributed by atoms with van der Waals surface area (Å²) in [7, 11) is -3.19. The molecule has 1 unspecified atom stereocenters. The number of sulfone groups is 1. The summed E-state index contributed by atoms with van der Waals surface area (Å²) in [5, 5.41) is -0.293. The molecule has 1 aromatic rings. The first-order valence-electron chi connectivity index (χ1n) is 7.00. The molecule has 19 heavy (non-hydrogen) atoms. The summed E-state index contributed by atoms with van der Waals surface area (Å²) in [6, 6.07) is 6.93. The highest BCUT2D eigenvalue weighted by atomic mass is 32.2. The maximum atomic E-state index is 12.5. The molecule has 1 fully saturated rings. The summed E-state index contributed by atoms with van der Waals surface area (Å²) < 4.78 is 24.9. The van der Waals surface area contributed by atoms with Crippen molar-refractivity contribution in [2.45, 2.75) is 55.7 Å². The second-order valence-electron chi connectivity index (χ2n) is 5.75. The van der Waals surface area contributed by atoms with Crippen LogP contribution in [-0.2, 0) is 9.84 Å². The van der Waals surface area contributed by atoms with Crippen molar-refractivity contribution < 1.29 is 8.42 Å². The molecule has 1 saturated carbocycles. The van der Waals surface area contributed by atoms with Crippen LogP contribution >= 0.6 is 0 Å². The normalized spacial score (nSPS) is 19.7. The summed E-state index contributed by atoms with van der Waals surface area (Å²) in [6.45, 7) is 3.72. The third-order valence-electron chi connectivity index (χ3n) is 4.15. The van der Waals surface area contributed by atoms with Gasteiger partial charge in [-0.05, 0) is 43.9 Å². The van der Waals surface area contributed by atoms with Crippen molar-refractivity contribution in [1.29, 1.82) is 0 Å². The number of rotatable bonds is 5. The Kier molecular flexibility index (Phi) is 4.31. The van der Waals surface area contributed by atoms with E-state index in [-0.39, 0.29) is 11.3 Å². The highest BCUT2D eigenvalue weighted by molar-refractivity contribution is 7.92. The Morgan fingerprint density at radius 2 is 1.79 bits per heavy atom. The third-order valence-corrected chi connectivity index (χ3v) is 6.34. The molecule has 0 radical (unpaired) electrons. The standard InChI is InChI=1S/C15H23NO2S/c1-11(10-13-4-3-5-13)19(17,18)15-8-6-14(7-9-15)12(2)16/h6-9,11-13H,3-5,10,16H2,1-2H3/t11?,12-/m1/s1. The van der Waals surface area contributed by atoms with Gasteiger partial charge in [0.2, 0.25) is 0 Å². The lowest BCUT2D eigenvalue weighted by Gasteiger charge is -2.28. The molecule has 1 aliphatic carbocycles. The molecule has 0 spiro atoms. The van der Waals surface area contributed by atoms with Crippen LogP contribution in [0.15, 0.2) is 29.2 Å². The van der Waals surface area contributed by atoms with Gasteiger partial charge in [0.05, 0.1) is 10.1 Å². The minimum absolute atomic E-state index is 0.0656. The molecule has 2 atom stereocenters. The van der Waals surface area contributed by atoms with E-state index in [1.807, 2.05) is 26.0 Å². The van der Waals surface area contributed by atoms with Crippen molar-refractivity contribution in [3.8, 4) is 0 Å². The molecule has 0 aliphatic heterocycles. The maximum Gasteiger partial charge on any atom is 0.180 e. The van der Waals surface area contributed by atoms with E-state index in [4.69, 9.17) is 5.73 Å². The Morgan fingerprint density at radius 3 is 2.21 bits per heavy atom. The van der Waals surface area contributed by atoms with Crippen molar-refractivity contribution in [1.82, 2.24) is 0 Å². The van der Waals surface area contributed by atoms with Gasteiger partial charge in [-0.3, -0.25) is 0 Å². The summed E-state index contributed by atoms with van der Waals surface area (Å²) in [6.07, 6.45) is 4.41. The molecule has 0 aromatic heterocycles. The quantitative estimate of drug-likeness (QED) is 0.902. The van der Waals surface area contributed by atoms with Gasteiger partial charge in [0.25, 0.3) is 0 Å². The van der Waals surface area contributed by atoms with Gasteiger partial charge in [0.15, 0.2) is 9.84 Å². The van der Waals surface area contributed by atoms with Crippen LogP contribution in [0.25, 0.3) is 0 Å². The van der Waals surface area contributed by atoms with Crippen LogP contribution in [0.5, 0.6) is 0 Å². The van der Waals surface area contributed by atoms with E-state index < -0.39 is 9.84 Å². The predicted octanol–water partition coefficient (Wildman–Crippen LogP) is 3.06. The van der Waals surface area contributed by atoms with E-state index in [2.05, 4.69) is 0 Å². The SMILES string of the molecule is CC(CC1CCC1)S(=O)(=O)c1ccc([C@@H](C)N)cc1. The van der Waals surface area contributed by atoms with E-state index in [1.165, 1.54) is 19.3 Å². The fraction of sp³-hybridized carbons (Fsp3) is 0.600. The zero-order valence-electron chi connectivity index (χ0n) is 11.7.